The second-order valence-corrected chi connectivity index (χ2v) is 6.14. The zero-order valence-corrected chi connectivity index (χ0v) is 14.2. The zero-order valence-electron chi connectivity index (χ0n) is 13.4. The van der Waals surface area contributed by atoms with Crippen molar-refractivity contribution in [1.29, 1.82) is 0 Å². The normalized spacial score (nSPS) is 11.4. The summed E-state index contributed by atoms with van der Waals surface area (Å²) >= 11 is 0.421. The second kappa shape index (κ2) is 7.22. The molecule has 2 aromatic carbocycles. The molecule has 10 nitrogen and oxygen atoms in total. The van der Waals surface area contributed by atoms with Crippen molar-refractivity contribution in [3.63, 3.8) is 0 Å². The van der Waals surface area contributed by atoms with E-state index < -0.39 is 37.9 Å². The minimum atomic E-state index is -5.00. The van der Waals surface area contributed by atoms with Gasteiger partial charge in [-0.25, -0.2) is 0 Å². The Hall–Kier alpha value is -3.55. The van der Waals surface area contributed by atoms with E-state index in [1.807, 2.05) is 0 Å². The Morgan fingerprint density at radius 3 is 2.07 bits per heavy atom. The number of nitrogens with zero attached hydrogens (tertiary/aromatic N) is 6. The summed E-state index contributed by atoms with van der Waals surface area (Å²) in [6.07, 6.45) is -5.00. The number of para-hydroxylation sites is 1. The highest BCUT2D eigenvalue weighted by molar-refractivity contribution is 7.99. The Bertz CT molecular complexity index is 1020. The summed E-state index contributed by atoms with van der Waals surface area (Å²) < 4.78 is 40.1. The van der Waals surface area contributed by atoms with Gasteiger partial charge in [-0.2, -0.15) is 17.9 Å². The van der Waals surface area contributed by atoms with Crippen LogP contribution in [0.2, 0.25) is 0 Å². The van der Waals surface area contributed by atoms with Crippen LogP contribution in [0.25, 0.3) is 5.69 Å². The molecule has 0 bridgehead atoms. The fraction of sp³-hybridized carbons (Fsp3) is 0.0714. The first-order chi connectivity index (χ1) is 13.2. The van der Waals surface area contributed by atoms with Crippen LogP contribution < -0.4 is 0 Å². The molecule has 0 unspecified atom stereocenters. The van der Waals surface area contributed by atoms with Gasteiger partial charge in [0.15, 0.2) is 4.90 Å². The maximum absolute atomic E-state index is 13.0. The number of benzene rings is 2. The van der Waals surface area contributed by atoms with Crippen molar-refractivity contribution >= 4 is 23.1 Å². The van der Waals surface area contributed by atoms with Crippen molar-refractivity contribution in [2.45, 2.75) is 16.2 Å². The van der Waals surface area contributed by atoms with Crippen molar-refractivity contribution in [1.82, 2.24) is 20.2 Å². The highest BCUT2D eigenvalue weighted by atomic mass is 32.2. The highest BCUT2D eigenvalue weighted by Gasteiger charge is 2.38. The molecule has 0 fully saturated rings. The lowest BCUT2D eigenvalue weighted by Gasteiger charge is -2.09. The fourth-order valence-corrected chi connectivity index (χ4v) is 3.17. The van der Waals surface area contributed by atoms with Crippen LogP contribution in [0.3, 0.4) is 0 Å². The number of nitro groups is 2. The van der Waals surface area contributed by atoms with E-state index in [1.165, 1.54) is 0 Å². The van der Waals surface area contributed by atoms with E-state index in [1.54, 1.807) is 30.3 Å². The van der Waals surface area contributed by atoms with E-state index in [2.05, 4.69) is 15.5 Å². The maximum atomic E-state index is 13.0. The predicted molar refractivity (Wildman–Crippen MR) is 88.0 cm³/mol. The summed E-state index contributed by atoms with van der Waals surface area (Å²) in [6.45, 7) is 0. The van der Waals surface area contributed by atoms with Crippen molar-refractivity contribution in [3.05, 3.63) is 68.3 Å². The molecule has 0 saturated heterocycles. The van der Waals surface area contributed by atoms with Gasteiger partial charge in [-0.15, -0.1) is 5.10 Å². The van der Waals surface area contributed by atoms with Crippen LogP contribution in [0.4, 0.5) is 24.5 Å². The fourth-order valence-electron chi connectivity index (χ4n) is 2.20. The van der Waals surface area contributed by atoms with Gasteiger partial charge in [0, 0.05) is 12.1 Å². The number of tetrazole rings is 1. The molecule has 28 heavy (non-hydrogen) atoms. The molecule has 0 atom stereocenters. The van der Waals surface area contributed by atoms with Crippen LogP contribution in [-0.4, -0.2) is 30.1 Å². The lowest BCUT2D eigenvalue weighted by Crippen LogP contribution is -2.08. The van der Waals surface area contributed by atoms with Crippen LogP contribution in [0.1, 0.15) is 5.56 Å². The Morgan fingerprint density at radius 2 is 1.57 bits per heavy atom. The maximum Gasteiger partial charge on any atom is 0.416 e. The van der Waals surface area contributed by atoms with Gasteiger partial charge in [-0.3, -0.25) is 20.2 Å². The number of nitro benzene ring substituents is 2. The highest BCUT2D eigenvalue weighted by Crippen LogP contribution is 2.44. The van der Waals surface area contributed by atoms with Gasteiger partial charge in [0.05, 0.1) is 21.1 Å². The van der Waals surface area contributed by atoms with Gasteiger partial charge in [0.1, 0.15) is 0 Å². The molecule has 14 heteroatoms. The molecule has 144 valence electrons. The summed E-state index contributed by atoms with van der Waals surface area (Å²) in [5.74, 6) is 0. The molecule has 0 amide bonds. The van der Waals surface area contributed by atoms with Gasteiger partial charge in [-0.05, 0) is 34.3 Å². The van der Waals surface area contributed by atoms with E-state index in [9.17, 15) is 33.4 Å². The molecule has 0 saturated carbocycles. The van der Waals surface area contributed by atoms with Crippen LogP contribution >= 0.6 is 11.8 Å². The molecular weight excluding hydrogens is 405 g/mol. The third-order valence-corrected chi connectivity index (χ3v) is 4.47. The third-order valence-electron chi connectivity index (χ3n) is 3.41. The van der Waals surface area contributed by atoms with Crippen LogP contribution in [-0.2, 0) is 6.18 Å². The SMILES string of the molecule is O=[N+]([O-])c1cc(C(F)(F)F)cc([N+](=O)[O-])c1Sc1nnnn1-c1ccccc1. The standard InChI is InChI=1S/C14H7F3N6O4S/c15-14(16,17)8-6-10(22(24)25)12(11(7-8)23(26)27)28-13-18-19-20-21(13)9-4-2-1-3-5-9/h1-7H. The van der Waals surface area contributed by atoms with Crippen LogP contribution in [0.5, 0.6) is 0 Å². The monoisotopic (exact) mass is 412 g/mol. The lowest BCUT2D eigenvalue weighted by molar-refractivity contribution is -0.400. The Morgan fingerprint density at radius 1 is 1.00 bits per heavy atom. The first kappa shape index (κ1) is 19.2. The summed E-state index contributed by atoms with van der Waals surface area (Å²) in [5, 5.41) is 33.3. The number of hydrogen-bond donors (Lipinski definition) is 0. The van der Waals surface area contributed by atoms with Crippen molar-refractivity contribution in [3.8, 4) is 5.69 Å². The van der Waals surface area contributed by atoms with Crippen LogP contribution in [0, 0.1) is 20.2 Å². The van der Waals surface area contributed by atoms with Gasteiger partial charge in [0.25, 0.3) is 11.4 Å². The van der Waals surface area contributed by atoms with Gasteiger partial charge >= 0.3 is 6.18 Å². The molecule has 0 aliphatic carbocycles. The largest absolute Gasteiger partial charge is 0.416 e. The molecule has 1 aromatic heterocycles. The average molecular weight is 412 g/mol. The molecule has 0 N–H and O–H groups in total. The summed E-state index contributed by atoms with van der Waals surface area (Å²) in [5.41, 5.74) is -3.20. The Balaban J connectivity index is 2.16. The zero-order chi connectivity index (χ0) is 20.5. The molecule has 0 aliphatic rings. The number of halogens is 3. The van der Waals surface area contributed by atoms with E-state index in [0.29, 0.717) is 17.4 Å². The quantitative estimate of drug-likeness (QED) is 0.458. The molecule has 0 spiro atoms. The molecule has 0 radical (unpaired) electrons. The van der Waals surface area contributed by atoms with E-state index >= 15 is 0 Å². The van der Waals surface area contributed by atoms with Crippen molar-refractivity contribution in [2.75, 3.05) is 0 Å². The van der Waals surface area contributed by atoms with E-state index in [4.69, 9.17) is 0 Å². The average Bonchev–Trinajstić information content (AvgIpc) is 3.09. The molecular formula is C14H7F3N6O4S. The Labute approximate surface area is 157 Å². The molecule has 0 aliphatic heterocycles. The van der Waals surface area contributed by atoms with E-state index in [0.717, 1.165) is 4.68 Å². The van der Waals surface area contributed by atoms with Gasteiger partial charge in [-0.1, -0.05) is 18.2 Å². The summed E-state index contributed by atoms with van der Waals surface area (Å²) in [4.78, 5) is 19.7. The van der Waals surface area contributed by atoms with Crippen molar-refractivity contribution in [2.24, 2.45) is 0 Å². The number of rotatable bonds is 5. The van der Waals surface area contributed by atoms with Crippen molar-refractivity contribution < 1.29 is 23.0 Å². The van der Waals surface area contributed by atoms with Gasteiger partial charge < -0.3 is 0 Å². The Kier molecular flexibility index (Phi) is 4.96. The minimum Gasteiger partial charge on any atom is -0.258 e. The number of alkyl halides is 3. The summed E-state index contributed by atoms with van der Waals surface area (Å²) in [6, 6.07) is 8.74. The first-order valence-electron chi connectivity index (χ1n) is 7.24. The molecule has 3 rings (SSSR count). The lowest BCUT2D eigenvalue weighted by atomic mass is 10.1. The van der Waals surface area contributed by atoms with Crippen LogP contribution in [0.15, 0.2) is 52.5 Å². The molecule has 3 aromatic rings. The molecule has 1 heterocycles. The van der Waals surface area contributed by atoms with Gasteiger partial charge in [0.2, 0.25) is 5.16 Å². The number of aromatic nitrogens is 4. The second-order valence-electron chi connectivity index (χ2n) is 5.17. The predicted octanol–water partition coefficient (Wildman–Crippen LogP) is 3.65. The minimum absolute atomic E-state index is 0.0999. The summed E-state index contributed by atoms with van der Waals surface area (Å²) in [7, 11) is 0. The smallest absolute Gasteiger partial charge is 0.258 e. The topological polar surface area (TPSA) is 130 Å². The van der Waals surface area contributed by atoms with E-state index in [-0.39, 0.29) is 17.3 Å². The third kappa shape index (κ3) is 3.75. The first-order valence-corrected chi connectivity index (χ1v) is 8.06. The number of hydrogen-bond acceptors (Lipinski definition) is 8.